The number of hydrogen-bond donors (Lipinski definition) is 0. The quantitative estimate of drug-likeness (QED) is 0.291. The Balaban J connectivity index is 0. The van der Waals surface area contributed by atoms with Crippen LogP contribution in [0.25, 0.3) is 0 Å². The van der Waals surface area contributed by atoms with Gasteiger partial charge in [0.1, 0.15) is 10.3 Å². The van der Waals surface area contributed by atoms with Crippen molar-refractivity contribution in [2.45, 2.75) is 0 Å². The molecule has 0 unspecified atom stereocenters. The first-order valence-electron chi connectivity index (χ1n) is 3.00. The summed E-state index contributed by atoms with van der Waals surface area (Å²) in [5, 5.41) is -1.22. The van der Waals surface area contributed by atoms with Crippen LogP contribution in [0.15, 0.2) is 12.1 Å². The van der Waals surface area contributed by atoms with Crippen LogP contribution in [0, 0.1) is 0 Å². The van der Waals surface area contributed by atoms with Crippen molar-refractivity contribution in [3.05, 3.63) is 27.2 Å². The maximum Gasteiger partial charge on any atom is 1.00 e. The molecule has 0 aliphatic heterocycles. The average Bonchev–Trinajstić information content (AvgIpc) is 1.95. The molecule has 72 valence electrons. The van der Waals surface area contributed by atoms with Gasteiger partial charge >= 0.3 is 103 Å². The van der Waals surface area contributed by atoms with Crippen LogP contribution in [0.3, 0.4) is 0 Å². The largest absolute Gasteiger partial charge is 1.00 e. The van der Waals surface area contributed by atoms with Crippen molar-refractivity contribution < 1.29 is 117 Å². The van der Waals surface area contributed by atoms with E-state index in [0.29, 0.717) is 0 Å². The molecule has 0 bridgehead atoms. The number of halogens is 3. The Morgan fingerprint density at radius 2 is 1.27 bits per heavy atom. The molecule has 0 spiro atoms. The minimum Gasteiger partial charge on any atom is -0.683 e. The van der Waals surface area contributed by atoms with Crippen molar-refractivity contribution in [3.8, 4) is 0 Å². The molecule has 1 rings (SSSR count). The van der Waals surface area contributed by atoms with E-state index in [0.717, 1.165) is 0 Å². The Bertz CT molecular complexity index is 345. The van der Waals surface area contributed by atoms with E-state index < -0.39 is 13.2 Å². The SMILES string of the molecule is [K+].[K+].[O-][P+]([O-])([O-])c1c(Cl)ccc(Cl)c1Cl. The summed E-state index contributed by atoms with van der Waals surface area (Å²) in [6, 6.07) is 2.51. The van der Waals surface area contributed by atoms with Gasteiger partial charge in [-0.05, 0) is 12.1 Å². The first-order valence-corrected chi connectivity index (χ1v) is 5.68. The van der Waals surface area contributed by atoms with E-state index in [1.54, 1.807) is 0 Å². The molecule has 0 saturated carbocycles. The van der Waals surface area contributed by atoms with E-state index in [1.807, 2.05) is 0 Å². The number of rotatable bonds is 1. The van der Waals surface area contributed by atoms with Gasteiger partial charge in [-0.15, -0.1) is 7.94 Å². The smallest absolute Gasteiger partial charge is 0.683 e. The van der Waals surface area contributed by atoms with Gasteiger partial charge in [-0.2, -0.15) is 0 Å². The molecule has 0 aliphatic rings. The second-order valence-corrected chi connectivity index (χ2v) is 4.82. The van der Waals surface area contributed by atoms with Gasteiger partial charge in [0.05, 0.1) is 10.0 Å². The van der Waals surface area contributed by atoms with E-state index in [2.05, 4.69) is 0 Å². The van der Waals surface area contributed by atoms with Crippen molar-refractivity contribution in [1.29, 1.82) is 0 Å². The summed E-state index contributed by atoms with van der Waals surface area (Å²) in [4.78, 5) is 32.0. The van der Waals surface area contributed by atoms with E-state index in [4.69, 9.17) is 34.8 Å². The van der Waals surface area contributed by atoms with Crippen molar-refractivity contribution >= 4 is 48.1 Å². The van der Waals surface area contributed by atoms with E-state index in [1.165, 1.54) is 12.1 Å². The Labute approximate surface area is 188 Å². The van der Waals surface area contributed by atoms with Gasteiger partial charge in [0.15, 0.2) is 0 Å². The van der Waals surface area contributed by atoms with Crippen LogP contribution < -0.4 is 123 Å². The Hall–Kier alpha value is 3.67. The molecule has 0 saturated heterocycles. The van der Waals surface area contributed by atoms with E-state index >= 15 is 0 Å². The molecule has 0 fully saturated rings. The molecule has 0 atom stereocenters. The third-order valence-electron chi connectivity index (χ3n) is 1.29. The Morgan fingerprint density at radius 1 is 0.867 bits per heavy atom. The predicted molar refractivity (Wildman–Crippen MR) is 48.0 cm³/mol. The maximum atomic E-state index is 10.7. The summed E-state index contributed by atoms with van der Waals surface area (Å²) in [5.41, 5.74) is 0. The zero-order chi connectivity index (χ0) is 10.2. The summed E-state index contributed by atoms with van der Waals surface area (Å²) in [7, 11) is -4.97. The second-order valence-electron chi connectivity index (χ2n) is 2.19. The standard InChI is InChI=1S/C6H4Cl3O3P.2K/c7-3-1-2-4(8)6(5(3)9)13(10,11)12;;/h1-2H,(H2,10,11,12);;/q;2*+1/p-2. The van der Waals surface area contributed by atoms with Crippen LogP contribution in [0.4, 0.5) is 0 Å². The topological polar surface area (TPSA) is 69.2 Å². The van der Waals surface area contributed by atoms with Gasteiger partial charge in [0.25, 0.3) is 0 Å². The molecule has 9 heteroatoms. The average molecular weight is 338 g/mol. The molecule has 0 heterocycles. The van der Waals surface area contributed by atoms with Crippen LogP contribution >= 0.6 is 42.7 Å². The summed E-state index contributed by atoms with van der Waals surface area (Å²) in [6.45, 7) is 0. The third kappa shape index (κ3) is 6.10. The fraction of sp³-hybridized carbons (Fsp3) is 0. The molecule has 0 aliphatic carbocycles. The maximum absolute atomic E-state index is 10.7. The molecular formula is C6H2Cl3K2O3P. The summed E-state index contributed by atoms with van der Waals surface area (Å²) >= 11 is 16.5. The van der Waals surface area contributed by atoms with Crippen molar-refractivity contribution in [1.82, 2.24) is 0 Å². The molecule has 3 nitrogen and oxygen atoms in total. The van der Waals surface area contributed by atoms with E-state index in [-0.39, 0.29) is 118 Å². The van der Waals surface area contributed by atoms with Gasteiger partial charge in [-0.1, -0.05) is 34.8 Å². The van der Waals surface area contributed by atoms with Gasteiger partial charge < -0.3 is 14.7 Å². The molecule has 1 aromatic rings. The summed E-state index contributed by atoms with van der Waals surface area (Å²) in [5.74, 6) is 0. The second kappa shape index (κ2) is 8.77. The fourth-order valence-corrected chi connectivity index (χ4v) is 2.68. The molecule has 0 N–H and O–H groups in total. The van der Waals surface area contributed by atoms with Crippen molar-refractivity contribution in [3.63, 3.8) is 0 Å². The minimum atomic E-state index is -4.97. The fourth-order valence-electron chi connectivity index (χ4n) is 0.767. The predicted octanol–water partition coefficient (Wildman–Crippen LogP) is -5.88. The van der Waals surface area contributed by atoms with Gasteiger partial charge in [0, 0.05) is 0 Å². The van der Waals surface area contributed by atoms with E-state index in [9.17, 15) is 14.7 Å². The normalized spacial score (nSPS) is 10.3. The summed E-state index contributed by atoms with van der Waals surface area (Å²) < 4.78 is 0. The van der Waals surface area contributed by atoms with Crippen molar-refractivity contribution in [2.24, 2.45) is 0 Å². The monoisotopic (exact) mass is 336 g/mol. The van der Waals surface area contributed by atoms with Crippen LogP contribution in [-0.4, -0.2) is 0 Å². The first kappa shape index (κ1) is 21.0. The minimum absolute atomic E-state index is 0. The van der Waals surface area contributed by atoms with Gasteiger partial charge in [-0.25, -0.2) is 0 Å². The van der Waals surface area contributed by atoms with Crippen LogP contribution in [0.5, 0.6) is 0 Å². The molecule has 15 heavy (non-hydrogen) atoms. The third-order valence-corrected chi connectivity index (χ3v) is 3.69. The molecule has 0 radical (unpaired) electrons. The number of benzene rings is 1. The molecule has 0 aromatic heterocycles. The van der Waals surface area contributed by atoms with Gasteiger partial charge in [-0.3, -0.25) is 0 Å². The zero-order valence-corrected chi connectivity index (χ0v) is 17.4. The summed E-state index contributed by atoms with van der Waals surface area (Å²) in [6.07, 6.45) is 0. The van der Waals surface area contributed by atoms with Crippen LogP contribution in [0.2, 0.25) is 15.1 Å². The van der Waals surface area contributed by atoms with Gasteiger partial charge in [0.2, 0.25) is 0 Å². The first-order chi connectivity index (χ1) is 5.84. The zero-order valence-electron chi connectivity index (χ0n) is 7.96. The van der Waals surface area contributed by atoms with Crippen LogP contribution in [-0.2, 0) is 0 Å². The van der Waals surface area contributed by atoms with Crippen LogP contribution in [0.1, 0.15) is 0 Å². The van der Waals surface area contributed by atoms with Crippen molar-refractivity contribution in [2.75, 3.05) is 0 Å². The molecule has 1 aromatic carbocycles. The number of hydrogen-bond acceptors (Lipinski definition) is 3. The molecular weight excluding hydrogens is 336 g/mol. The Morgan fingerprint density at radius 3 is 1.60 bits per heavy atom. The molecule has 0 amide bonds. The Kier molecular flexibility index (Phi) is 12.3.